The van der Waals surface area contributed by atoms with Gasteiger partial charge >= 0.3 is 12.0 Å². The predicted molar refractivity (Wildman–Crippen MR) is 75.6 cm³/mol. The number of nitrogens with zero attached hydrogens (tertiary/aromatic N) is 2. The number of hydrogen-bond donors (Lipinski definition) is 1. The number of methoxy groups -OCH3 is 1. The topological polar surface area (TPSA) is 70.1 Å². The van der Waals surface area contributed by atoms with Crippen molar-refractivity contribution in [1.82, 2.24) is 9.80 Å². The molecule has 6 nitrogen and oxygen atoms in total. The lowest BCUT2D eigenvalue weighted by Gasteiger charge is -2.34. The monoisotopic (exact) mass is 286 g/mol. The fourth-order valence-electron chi connectivity index (χ4n) is 2.62. The van der Waals surface area contributed by atoms with Crippen molar-refractivity contribution in [3.8, 4) is 0 Å². The molecule has 0 bridgehead atoms. The third kappa shape index (κ3) is 3.62. The molecule has 1 aliphatic rings. The molecule has 1 rings (SSSR count). The molecule has 3 atom stereocenters. The van der Waals surface area contributed by atoms with Gasteiger partial charge < -0.3 is 19.6 Å². The molecule has 0 aromatic carbocycles. The molecule has 20 heavy (non-hydrogen) atoms. The summed E-state index contributed by atoms with van der Waals surface area (Å²) in [6, 6.07) is -0.213. The Hall–Kier alpha value is -1.30. The number of carboxylic acids is 1. The van der Waals surface area contributed by atoms with Crippen LogP contribution >= 0.6 is 0 Å². The van der Waals surface area contributed by atoms with Crippen molar-refractivity contribution in [2.24, 2.45) is 5.92 Å². The molecular weight excluding hydrogens is 260 g/mol. The molecule has 0 aromatic heterocycles. The molecule has 6 heteroatoms. The number of hydrogen-bond acceptors (Lipinski definition) is 3. The highest BCUT2D eigenvalue weighted by atomic mass is 16.5. The maximum Gasteiger partial charge on any atom is 0.320 e. The van der Waals surface area contributed by atoms with Crippen LogP contribution in [-0.2, 0) is 9.53 Å². The molecule has 0 aromatic rings. The zero-order valence-corrected chi connectivity index (χ0v) is 12.8. The number of urea groups is 1. The van der Waals surface area contributed by atoms with Crippen molar-refractivity contribution < 1.29 is 19.4 Å². The van der Waals surface area contributed by atoms with E-state index < -0.39 is 11.9 Å². The largest absolute Gasteiger partial charge is 0.481 e. The van der Waals surface area contributed by atoms with Gasteiger partial charge in [0.2, 0.25) is 0 Å². The van der Waals surface area contributed by atoms with Crippen molar-refractivity contribution in [3.05, 3.63) is 0 Å². The number of likely N-dealkylation sites (tertiary alicyclic amines) is 1. The Morgan fingerprint density at radius 3 is 2.60 bits per heavy atom. The Morgan fingerprint density at radius 2 is 2.15 bits per heavy atom. The summed E-state index contributed by atoms with van der Waals surface area (Å²) in [4.78, 5) is 27.2. The molecule has 1 fully saturated rings. The van der Waals surface area contributed by atoms with E-state index in [1.54, 1.807) is 16.9 Å². The Kier molecular flexibility index (Phi) is 6.26. The van der Waals surface area contributed by atoms with Gasteiger partial charge in [-0.1, -0.05) is 6.92 Å². The Labute approximate surface area is 120 Å². The van der Waals surface area contributed by atoms with Crippen LogP contribution < -0.4 is 0 Å². The van der Waals surface area contributed by atoms with E-state index in [0.717, 1.165) is 6.42 Å². The van der Waals surface area contributed by atoms with Gasteiger partial charge in [-0.05, 0) is 26.7 Å². The molecule has 1 N–H and O–H groups in total. The summed E-state index contributed by atoms with van der Waals surface area (Å²) in [6.45, 7) is 7.38. The zero-order chi connectivity index (χ0) is 15.3. The second-order valence-electron chi connectivity index (χ2n) is 5.39. The van der Waals surface area contributed by atoms with Gasteiger partial charge in [-0.25, -0.2) is 4.79 Å². The normalized spacial score (nSPS) is 23.7. The molecule has 116 valence electrons. The summed E-state index contributed by atoms with van der Waals surface area (Å²) in [6.07, 6.45) is 1.39. The highest BCUT2D eigenvalue weighted by molar-refractivity contribution is 5.78. The number of amides is 2. The summed E-state index contributed by atoms with van der Waals surface area (Å²) in [7, 11) is 1.61. The molecule has 0 radical (unpaired) electrons. The van der Waals surface area contributed by atoms with Crippen LogP contribution in [0.1, 0.15) is 33.6 Å². The van der Waals surface area contributed by atoms with Gasteiger partial charge in [0, 0.05) is 32.3 Å². The van der Waals surface area contributed by atoms with Crippen molar-refractivity contribution in [3.63, 3.8) is 0 Å². The standard InChI is InChI=1S/C14H26N2O4/c1-5-10(2)15(8-9-20-4)14(19)16-7-6-12(11(16)3)13(17)18/h10-12H,5-9H2,1-4H3,(H,17,18). The summed E-state index contributed by atoms with van der Waals surface area (Å²) < 4.78 is 5.06. The van der Waals surface area contributed by atoms with Crippen molar-refractivity contribution >= 4 is 12.0 Å². The SMILES string of the molecule is CCC(C)N(CCOC)C(=O)N1CCC(C(=O)O)C1C. The van der Waals surface area contributed by atoms with Crippen LogP contribution in [-0.4, -0.2) is 65.8 Å². The molecule has 1 saturated heterocycles. The number of aliphatic carboxylic acids is 1. The van der Waals surface area contributed by atoms with Crippen molar-refractivity contribution in [2.45, 2.75) is 45.7 Å². The third-order valence-corrected chi connectivity index (χ3v) is 4.22. The van der Waals surface area contributed by atoms with Crippen LogP contribution in [0, 0.1) is 5.92 Å². The first kappa shape index (κ1) is 16.8. The molecule has 2 amide bonds. The minimum Gasteiger partial charge on any atom is -0.481 e. The van der Waals surface area contributed by atoms with E-state index in [9.17, 15) is 9.59 Å². The van der Waals surface area contributed by atoms with Gasteiger partial charge in [-0.15, -0.1) is 0 Å². The lowest BCUT2D eigenvalue weighted by atomic mass is 10.0. The average Bonchev–Trinajstić information content (AvgIpc) is 2.80. The van der Waals surface area contributed by atoms with Crippen LogP contribution in [0.4, 0.5) is 4.79 Å². The van der Waals surface area contributed by atoms with E-state index in [0.29, 0.717) is 26.1 Å². The second kappa shape index (κ2) is 7.47. The van der Waals surface area contributed by atoms with Crippen LogP contribution in [0.25, 0.3) is 0 Å². The van der Waals surface area contributed by atoms with Crippen molar-refractivity contribution in [1.29, 1.82) is 0 Å². The molecular formula is C14H26N2O4. The zero-order valence-electron chi connectivity index (χ0n) is 12.8. The number of carbonyl (C=O) groups excluding carboxylic acids is 1. The lowest BCUT2D eigenvalue weighted by molar-refractivity contribution is -0.142. The summed E-state index contributed by atoms with van der Waals surface area (Å²) in [5, 5.41) is 9.15. The van der Waals surface area contributed by atoms with E-state index in [1.807, 2.05) is 20.8 Å². The number of carbonyl (C=O) groups is 2. The maximum atomic E-state index is 12.6. The van der Waals surface area contributed by atoms with Crippen LogP contribution in [0.3, 0.4) is 0 Å². The molecule has 0 spiro atoms. The minimum absolute atomic E-state index is 0.0762. The van der Waals surface area contributed by atoms with E-state index in [4.69, 9.17) is 9.84 Å². The first-order valence-corrected chi connectivity index (χ1v) is 7.23. The van der Waals surface area contributed by atoms with Crippen LogP contribution in [0.5, 0.6) is 0 Å². The van der Waals surface area contributed by atoms with E-state index in [-0.39, 0.29) is 18.1 Å². The van der Waals surface area contributed by atoms with Gasteiger partial charge in [0.15, 0.2) is 0 Å². The number of rotatable bonds is 6. The predicted octanol–water partition coefficient (Wildman–Crippen LogP) is 1.65. The average molecular weight is 286 g/mol. The maximum absolute atomic E-state index is 12.6. The Morgan fingerprint density at radius 1 is 1.50 bits per heavy atom. The molecule has 0 aliphatic carbocycles. The molecule has 3 unspecified atom stereocenters. The Balaban J connectivity index is 2.77. The van der Waals surface area contributed by atoms with Gasteiger partial charge in [0.25, 0.3) is 0 Å². The fourth-order valence-corrected chi connectivity index (χ4v) is 2.62. The number of carboxylic acid groups (broad SMARTS) is 1. The van der Waals surface area contributed by atoms with Gasteiger partial charge in [-0.2, -0.15) is 0 Å². The van der Waals surface area contributed by atoms with Gasteiger partial charge in [-0.3, -0.25) is 4.79 Å². The van der Waals surface area contributed by atoms with E-state index in [2.05, 4.69) is 0 Å². The third-order valence-electron chi connectivity index (χ3n) is 4.22. The first-order chi connectivity index (χ1) is 9.43. The minimum atomic E-state index is -0.820. The summed E-state index contributed by atoms with van der Waals surface area (Å²) >= 11 is 0. The lowest BCUT2D eigenvalue weighted by Crippen LogP contribution is -2.50. The Bertz CT molecular complexity index is 348. The highest BCUT2D eigenvalue weighted by Gasteiger charge is 2.40. The highest BCUT2D eigenvalue weighted by Crippen LogP contribution is 2.26. The van der Waals surface area contributed by atoms with E-state index in [1.165, 1.54) is 0 Å². The van der Waals surface area contributed by atoms with Gasteiger partial charge in [0.1, 0.15) is 0 Å². The van der Waals surface area contributed by atoms with Crippen molar-refractivity contribution in [2.75, 3.05) is 26.8 Å². The first-order valence-electron chi connectivity index (χ1n) is 7.23. The molecule has 0 saturated carbocycles. The second-order valence-corrected chi connectivity index (χ2v) is 5.39. The quantitative estimate of drug-likeness (QED) is 0.806. The molecule has 1 aliphatic heterocycles. The summed E-state index contributed by atoms with van der Waals surface area (Å²) in [5.74, 6) is -1.28. The summed E-state index contributed by atoms with van der Waals surface area (Å²) in [5.41, 5.74) is 0. The number of ether oxygens (including phenoxy) is 1. The van der Waals surface area contributed by atoms with E-state index >= 15 is 0 Å². The smallest absolute Gasteiger partial charge is 0.320 e. The molecule has 1 heterocycles. The van der Waals surface area contributed by atoms with Crippen LogP contribution in [0.2, 0.25) is 0 Å². The fraction of sp³-hybridized carbons (Fsp3) is 0.857. The van der Waals surface area contributed by atoms with Crippen LogP contribution in [0.15, 0.2) is 0 Å². The van der Waals surface area contributed by atoms with Gasteiger partial charge in [0.05, 0.1) is 12.5 Å².